The Morgan fingerprint density at radius 2 is 1.96 bits per heavy atom. The van der Waals surface area contributed by atoms with Crippen molar-refractivity contribution in [3.05, 3.63) is 52.8 Å². The second kappa shape index (κ2) is 8.17. The second-order valence-corrected chi connectivity index (χ2v) is 6.84. The molecule has 0 amide bonds. The SMILES string of the molecule is CCOc1cc(/C=N/NS(=O)(=O)c2ccc(F)cc2)cc(Cl)c1OC. The number of hydrogen-bond donors (Lipinski definition) is 1. The van der Waals surface area contributed by atoms with Crippen LogP contribution in [0.4, 0.5) is 4.39 Å². The number of benzene rings is 2. The fourth-order valence-corrected chi connectivity index (χ4v) is 3.05. The van der Waals surface area contributed by atoms with E-state index in [0.29, 0.717) is 28.7 Å². The Labute approximate surface area is 150 Å². The van der Waals surface area contributed by atoms with Crippen LogP contribution in [-0.2, 0) is 10.0 Å². The van der Waals surface area contributed by atoms with E-state index in [1.165, 1.54) is 13.3 Å². The lowest BCUT2D eigenvalue weighted by molar-refractivity contribution is 0.311. The fourth-order valence-electron chi connectivity index (χ4n) is 1.96. The third kappa shape index (κ3) is 4.83. The summed E-state index contributed by atoms with van der Waals surface area (Å²) < 4.78 is 47.6. The third-order valence-electron chi connectivity index (χ3n) is 3.05. The number of nitrogens with zero attached hydrogens (tertiary/aromatic N) is 1. The van der Waals surface area contributed by atoms with Crippen LogP contribution in [0.15, 0.2) is 46.4 Å². The monoisotopic (exact) mass is 386 g/mol. The second-order valence-electron chi connectivity index (χ2n) is 4.77. The van der Waals surface area contributed by atoms with Gasteiger partial charge >= 0.3 is 0 Å². The van der Waals surface area contributed by atoms with Gasteiger partial charge in [0.25, 0.3) is 10.0 Å². The highest BCUT2D eigenvalue weighted by Crippen LogP contribution is 2.35. The first-order chi connectivity index (χ1) is 11.9. The molecule has 25 heavy (non-hydrogen) atoms. The molecule has 0 radical (unpaired) electrons. The van der Waals surface area contributed by atoms with Gasteiger partial charge in [0, 0.05) is 0 Å². The number of rotatable bonds is 7. The number of ether oxygens (including phenoxy) is 2. The Morgan fingerprint density at radius 3 is 2.56 bits per heavy atom. The summed E-state index contributed by atoms with van der Waals surface area (Å²) in [5.41, 5.74) is 0.510. The van der Waals surface area contributed by atoms with Gasteiger partial charge in [-0.25, -0.2) is 9.22 Å². The Bertz CT molecular complexity index is 870. The molecule has 0 saturated carbocycles. The highest BCUT2D eigenvalue weighted by molar-refractivity contribution is 7.89. The molecule has 0 aliphatic heterocycles. The molecule has 0 spiro atoms. The van der Waals surface area contributed by atoms with Crippen molar-refractivity contribution in [2.75, 3.05) is 13.7 Å². The standard InChI is InChI=1S/C16H16ClFN2O4S/c1-3-24-15-9-11(8-14(17)16(15)23-2)10-19-20-25(21,22)13-6-4-12(18)5-7-13/h4-10,20H,3H2,1-2H3/b19-10+. The van der Waals surface area contributed by atoms with Gasteiger partial charge in [-0.3, -0.25) is 0 Å². The zero-order valence-electron chi connectivity index (χ0n) is 13.5. The lowest BCUT2D eigenvalue weighted by atomic mass is 10.2. The summed E-state index contributed by atoms with van der Waals surface area (Å²) in [5, 5.41) is 4.00. The Morgan fingerprint density at radius 1 is 1.28 bits per heavy atom. The fraction of sp³-hybridized carbons (Fsp3) is 0.188. The minimum absolute atomic E-state index is 0.103. The van der Waals surface area contributed by atoms with Crippen LogP contribution in [0.5, 0.6) is 11.5 Å². The maximum atomic E-state index is 12.9. The van der Waals surface area contributed by atoms with Gasteiger partial charge in [0.2, 0.25) is 0 Å². The summed E-state index contributed by atoms with van der Waals surface area (Å²) in [6, 6.07) is 7.56. The first-order valence-corrected chi connectivity index (χ1v) is 9.04. The largest absolute Gasteiger partial charge is 0.491 e. The molecule has 2 aromatic rings. The van der Waals surface area contributed by atoms with Gasteiger partial charge in [-0.1, -0.05) is 11.6 Å². The summed E-state index contributed by atoms with van der Waals surface area (Å²) in [6.07, 6.45) is 1.27. The lowest BCUT2D eigenvalue weighted by Gasteiger charge is -2.11. The predicted octanol–water partition coefficient (Wildman–Crippen LogP) is 3.20. The van der Waals surface area contributed by atoms with Crippen LogP contribution in [0, 0.1) is 5.82 Å². The molecular formula is C16H16ClFN2O4S. The predicted molar refractivity (Wildman–Crippen MR) is 93.5 cm³/mol. The molecule has 0 unspecified atom stereocenters. The van der Waals surface area contributed by atoms with Crippen LogP contribution >= 0.6 is 11.6 Å². The van der Waals surface area contributed by atoms with E-state index < -0.39 is 15.8 Å². The Kier molecular flexibility index (Phi) is 6.22. The van der Waals surface area contributed by atoms with Crippen LogP contribution in [0.2, 0.25) is 5.02 Å². The average Bonchev–Trinajstić information content (AvgIpc) is 2.55. The summed E-state index contributed by atoms with van der Waals surface area (Å²) in [4.78, 5) is 1.94. The highest BCUT2D eigenvalue weighted by Gasteiger charge is 2.13. The zero-order valence-corrected chi connectivity index (χ0v) is 15.1. The van der Waals surface area contributed by atoms with Crippen molar-refractivity contribution in [3.8, 4) is 11.5 Å². The number of hydrazone groups is 1. The molecule has 0 fully saturated rings. The van der Waals surface area contributed by atoms with Crippen molar-refractivity contribution < 1.29 is 22.3 Å². The number of hydrogen-bond acceptors (Lipinski definition) is 5. The van der Waals surface area contributed by atoms with E-state index in [-0.39, 0.29) is 4.90 Å². The first-order valence-electron chi connectivity index (χ1n) is 7.18. The maximum absolute atomic E-state index is 12.9. The van der Waals surface area contributed by atoms with Crippen LogP contribution < -0.4 is 14.3 Å². The molecule has 0 atom stereocenters. The summed E-state index contributed by atoms with van der Waals surface area (Å²) in [5.74, 6) is 0.270. The van der Waals surface area contributed by atoms with Crippen LogP contribution in [0.3, 0.4) is 0 Å². The Hall–Kier alpha value is -2.32. The zero-order chi connectivity index (χ0) is 18.4. The molecule has 0 aliphatic rings. The van der Waals surface area contributed by atoms with Crippen LogP contribution in [0.1, 0.15) is 12.5 Å². The van der Waals surface area contributed by atoms with Gasteiger partial charge < -0.3 is 9.47 Å². The average molecular weight is 387 g/mol. The molecule has 6 nitrogen and oxygen atoms in total. The van der Waals surface area contributed by atoms with Gasteiger partial charge in [0.1, 0.15) is 5.82 Å². The highest BCUT2D eigenvalue weighted by atomic mass is 35.5. The van der Waals surface area contributed by atoms with E-state index in [0.717, 1.165) is 24.3 Å². The normalized spacial score (nSPS) is 11.5. The molecular weight excluding hydrogens is 371 g/mol. The van der Waals surface area contributed by atoms with E-state index >= 15 is 0 Å². The van der Waals surface area contributed by atoms with Crippen LogP contribution in [0.25, 0.3) is 0 Å². The summed E-state index contributed by atoms with van der Waals surface area (Å²) >= 11 is 6.11. The van der Waals surface area contributed by atoms with E-state index in [4.69, 9.17) is 21.1 Å². The van der Waals surface area contributed by atoms with Crippen molar-refractivity contribution in [1.29, 1.82) is 0 Å². The number of sulfonamides is 1. The van der Waals surface area contributed by atoms with Gasteiger partial charge in [0.15, 0.2) is 11.5 Å². The number of nitrogens with one attached hydrogen (secondary N) is 1. The van der Waals surface area contributed by atoms with E-state index in [2.05, 4.69) is 5.10 Å². The molecule has 0 aromatic heterocycles. The molecule has 1 N–H and O–H groups in total. The van der Waals surface area contributed by atoms with Crippen molar-refractivity contribution >= 4 is 27.8 Å². The summed E-state index contributed by atoms with van der Waals surface area (Å²) in [7, 11) is -2.43. The lowest BCUT2D eigenvalue weighted by Crippen LogP contribution is -2.18. The van der Waals surface area contributed by atoms with Gasteiger partial charge in [-0.2, -0.15) is 13.5 Å². The summed E-state index contributed by atoms with van der Waals surface area (Å²) in [6.45, 7) is 2.22. The molecule has 2 aromatic carbocycles. The minimum atomic E-state index is -3.89. The third-order valence-corrected chi connectivity index (χ3v) is 4.57. The van der Waals surface area contributed by atoms with Crippen molar-refractivity contribution in [1.82, 2.24) is 4.83 Å². The van der Waals surface area contributed by atoms with E-state index in [9.17, 15) is 12.8 Å². The van der Waals surface area contributed by atoms with Crippen molar-refractivity contribution in [3.63, 3.8) is 0 Å². The van der Waals surface area contributed by atoms with Gasteiger partial charge in [0.05, 0.1) is 29.8 Å². The number of halogens is 2. The first kappa shape index (κ1) is 19.0. The maximum Gasteiger partial charge on any atom is 0.276 e. The topological polar surface area (TPSA) is 77.0 Å². The van der Waals surface area contributed by atoms with Crippen molar-refractivity contribution in [2.24, 2.45) is 5.10 Å². The van der Waals surface area contributed by atoms with E-state index in [1.807, 2.05) is 11.8 Å². The molecule has 0 saturated heterocycles. The molecule has 0 aliphatic carbocycles. The van der Waals surface area contributed by atoms with Crippen molar-refractivity contribution in [2.45, 2.75) is 11.8 Å². The Balaban J connectivity index is 2.20. The smallest absolute Gasteiger partial charge is 0.276 e. The van der Waals surface area contributed by atoms with E-state index in [1.54, 1.807) is 12.1 Å². The quantitative estimate of drug-likeness (QED) is 0.585. The number of methoxy groups -OCH3 is 1. The molecule has 9 heteroatoms. The molecule has 0 bridgehead atoms. The molecule has 0 heterocycles. The minimum Gasteiger partial charge on any atom is -0.491 e. The molecule has 2 rings (SSSR count). The molecule has 134 valence electrons. The van der Waals surface area contributed by atoms with Gasteiger partial charge in [-0.15, -0.1) is 0 Å². The van der Waals surface area contributed by atoms with Crippen LogP contribution in [-0.4, -0.2) is 28.3 Å². The van der Waals surface area contributed by atoms with Gasteiger partial charge in [-0.05, 0) is 48.9 Å².